The Hall–Kier alpha value is -1.56. The van der Waals surface area contributed by atoms with Gasteiger partial charge in [-0.15, -0.1) is 11.8 Å². The van der Waals surface area contributed by atoms with Crippen molar-refractivity contribution in [2.45, 2.75) is 42.5 Å². The molecule has 2 aromatic rings. The number of fused-ring (bicyclic) bond motifs is 2. The van der Waals surface area contributed by atoms with E-state index in [2.05, 4.69) is 35.2 Å². The van der Waals surface area contributed by atoms with Crippen LogP contribution in [0.1, 0.15) is 37.2 Å². The molecule has 0 bridgehead atoms. The SMILES string of the molecule is O=C1[C@@H]2CSC3(CCC(c4ccccc4)CC3)N2C(=S)N1c1ccc(Cl)cc1. The molecule has 1 atom stereocenters. The van der Waals surface area contributed by atoms with E-state index in [1.54, 1.807) is 4.90 Å². The van der Waals surface area contributed by atoms with Crippen molar-refractivity contribution < 1.29 is 4.79 Å². The molecule has 1 spiro atoms. The molecule has 1 amide bonds. The molecule has 2 saturated heterocycles. The third-order valence-corrected chi connectivity index (χ3v) is 8.54. The van der Waals surface area contributed by atoms with Gasteiger partial charge < -0.3 is 4.90 Å². The molecule has 1 saturated carbocycles. The molecule has 3 aliphatic rings. The number of amides is 1. The molecule has 28 heavy (non-hydrogen) atoms. The number of hydrogen-bond acceptors (Lipinski definition) is 3. The van der Waals surface area contributed by atoms with E-state index < -0.39 is 0 Å². The number of anilines is 1. The molecule has 6 heteroatoms. The fraction of sp³-hybridized carbons (Fsp3) is 0.364. The van der Waals surface area contributed by atoms with Crippen LogP contribution in [0.4, 0.5) is 5.69 Å². The van der Waals surface area contributed by atoms with E-state index in [9.17, 15) is 4.79 Å². The summed E-state index contributed by atoms with van der Waals surface area (Å²) in [5.41, 5.74) is 2.24. The van der Waals surface area contributed by atoms with E-state index in [4.69, 9.17) is 23.8 Å². The lowest BCUT2D eigenvalue weighted by Crippen LogP contribution is -2.49. The summed E-state index contributed by atoms with van der Waals surface area (Å²) in [6.07, 6.45) is 4.40. The Morgan fingerprint density at radius 1 is 1.04 bits per heavy atom. The van der Waals surface area contributed by atoms with Crippen LogP contribution in [-0.2, 0) is 4.79 Å². The molecule has 5 rings (SSSR count). The Balaban J connectivity index is 1.38. The van der Waals surface area contributed by atoms with E-state index in [0.717, 1.165) is 37.1 Å². The molecule has 0 aromatic heterocycles. The standard InChI is InChI=1S/C22H21ClN2OS2/c23-17-6-8-18(9-7-17)24-20(26)19-14-28-22(25(19)21(24)27)12-10-16(11-13-22)15-4-2-1-3-5-15/h1-9,16,19H,10-14H2/t16?,19-,22?/m0/s1. The number of halogens is 1. The van der Waals surface area contributed by atoms with Crippen LogP contribution < -0.4 is 4.90 Å². The molecule has 144 valence electrons. The van der Waals surface area contributed by atoms with E-state index >= 15 is 0 Å². The van der Waals surface area contributed by atoms with Crippen molar-refractivity contribution >= 4 is 52.3 Å². The summed E-state index contributed by atoms with van der Waals surface area (Å²) in [5, 5.41) is 1.31. The van der Waals surface area contributed by atoms with Crippen molar-refractivity contribution in [1.29, 1.82) is 0 Å². The molecule has 0 N–H and O–H groups in total. The Kier molecular flexibility index (Phi) is 4.65. The highest BCUT2D eigenvalue weighted by Gasteiger charge is 2.58. The van der Waals surface area contributed by atoms with E-state index in [-0.39, 0.29) is 16.8 Å². The Morgan fingerprint density at radius 3 is 2.39 bits per heavy atom. The second-order valence-corrected chi connectivity index (χ2v) is 9.94. The molecule has 0 radical (unpaired) electrons. The van der Waals surface area contributed by atoms with Gasteiger partial charge in [-0.1, -0.05) is 41.9 Å². The minimum absolute atomic E-state index is 0.0378. The van der Waals surface area contributed by atoms with Crippen molar-refractivity contribution in [2.24, 2.45) is 0 Å². The first-order chi connectivity index (χ1) is 13.6. The van der Waals surface area contributed by atoms with E-state index in [0.29, 0.717) is 16.1 Å². The quantitative estimate of drug-likeness (QED) is 0.594. The van der Waals surface area contributed by atoms with Crippen LogP contribution in [0, 0.1) is 0 Å². The smallest absolute Gasteiger partial charge is 0.257 e. The van der Waals surface area contributed by atoms with Gasteiger partial charge in [-0.05, 0) is 73.6 Å². The zero-order chi connectivity index (χ0) is 19.3. The van der Waals surface area contributed by atoms with Gasteiger partial charge in [0.25, 0.3) is 5.91 Å². The fourth-order valence-electron chi connectivity index (χ4n) is 4.84. The summed E-state index contributed by atoms with van der Waals surface area (Å²) in [6.45, 7) is 0. The normalized spacial score (nSPS) is 29.6. The summed E-state index contributed by atoms with van der Waals surface area (Å²) >= 11 is 13.8. The lowest BCUT2D eigenvalue weighted by Gasteiger charge is -2.43. The molecule has 2 aliphatic heterocycles. The molecule has 3 nitrogen and oxygen atoms in total. The number of carbonyl (C=O) groups excluding carboxylic acids is 1. The van der Waals surface area contributed by atoms with Crippen molar-refractivity contribution in [2.75, 3.05) is 10.7 Å². The van der Waals surface area contributed by atoms with Gasteiger partial charge in [-0.3, -0.25) is 9.69 Å². The van der Waals surface area contributed by atoms with Gasteiger partial charge in [0.2, 0.25) is 0 Å². The highest BCUT2D eigenvalue weighted by atomic mass is 35.5. The number of benzene rings is 2. The summed E-state index contributed by atoms with van der Waals surface area (Å²) in [4.78, 5) is 17.1. The first-order valence-corrected chi connectivity index (χ1v) is 11.5. The lowest BCUT2D eigenvalue weighted by atomic mass is 9.80. The first-order valence-electron chi connectivity index (χ1n) is 9.71. The van der Waals surface area contributed by atoms with Crippen molar-refractivity contribution in [1.82, 2.24) is 4.90 Å². The number of rotatable bonds is 2. The average Bonchev–Trinajstić information content (AvgIpc) is 3.21. The highest BCUT2D eigenvalue weighted by Crippen LogP contribution is 2.54. The molecule has 2 heterocycles. The van der Waals surface area contributed by atoms with Gasteiger partial charge in [-0.2, -0.15) is 0 Å². The third-order valence-electron chi connectivity index (χ3n) is 6.29. The number of nitrogens with zero attached hydrogens (tertiary/aromatic N) is 2. The van der Waals surface area contributed by atoms with E-state index in [1.165, 1.54) is 5.56 Å². The average molecular weight is 429 g/mol. The summed E-state index contributed by atoms with van der Waals surface area (Å²) in [5.74, 6) is 1.52. The van der Waals surface area contributed by atoms with Gasteiger partial charge in [0, 0.05) is 10.8 Å². The number of thioether (sulfide) groups is 1. The van der Waals surface area contributed by atoms with Crippen molar-refractivity contribution in [3.8, 4) is 0 Å². The Morgan fingerprint density at radius 2 is 1.71 bits per heavy atom. The summed E-state index contributed by atoms with van der Waals surface area (Å²) < 4.78 is 0. The van der Waals surface area contributed by atoms with Crippen molar-refractivity contribution in [3.05, 3.63) is 65.2 Å². The predicted molar refractivity (Wildman–Crippen MR) is 120 cm³/mol. The molecular weight excluding hydrogens is 408 g/mol. The monoisotopic (exact) mass is 428 g/mol. The Bertz CT molecular complexity index is 910. The predicted octanol–water partition coefficient (Wildman–Crippen LogP) is 5.44. The molecule has 1 aliphatic carbocycles. The van der Waals surface area contributed by atoms with E-state index in [1.807, 2.05) is 36.0 Å². The van der Waals surface area contributed by atoms with Crippen LogP contribution >= 0.6 is 35.6 Å². The minimum atomic E-state index is -0.138. The molecule has 3 fully saturated rings. The number of thiocarbonyl (C=S) groups is 1. The van der Waals surface area contributed by atoms with Crippen LogP contribution in [0.3, 0.4) is 0 Å². The van der Waals surface area contributed by atoms with Crippen LogP contribution in [0.2, 0.25) is 5.02 Å². The van der Waals surface area contributed by atoms with Crippen LogP contribution in [0.25, 0.3) is 0 Å². The topological polar surface area (TPSA) is 23.6 Å². The number of hydrogen-bond donors (Lipinski definition) is 0. The van der Waals surface area contributed by atoms with Crippen LogP contribution in [0.15, 0.2) is 54.6 Å². The van der Waals surface area contributed by atoms with Crippen molar-refractivity contribution in [3.63, 3.8) is 0 Å². The minimum Gasteiger partial charge on any atom is -0.321 e. The second-order valence-electron chi connectivity index (χ2n) is 7.76. The van der Waals surface area contributed by atoms with Crippen LogP contribution in [0.5, 0.6) is 0 Å². The third kappa shape index (κ3) is 2.87. The maximum absolute atomic E-state index is 13.1. The molecule has 2 aromatic carbocycles. The molecule has 0 unspecified atom stereocenters. The zero-order valence-electron chi connectivity index (χ0n) is 15.4. The van der Waals surface area contributed by atoms with Gasteiger partial charge in [0.05, 0.1) is 10.6 Å². The largest absolute Gasteiger partial charge is 0.321 e. The number of carbonyl (C=O) groups is 1. The van der Waals surface area contributed by atoms with Gasteiger partial charge in [-0.25, -0.2) is 0 Å². The fourth-order valence-corrected chi connectivity index (χ4v) is 7.16. The maximum atomic E-state index is 13.1. The first kappa shape index (κ1) is 18.5. The summed E-state index contributed by atoms with van der Waals surface area (Å²) in [7, 11) is 0. The lowest BCUT2D eigenvalue weighted by molar-refractivity contribution is -0.119. The zero-order valence-corrected chi connectivity index (χ0v) is 17.8. The van der Waals surface area contributed by atoms with Gasteiger partial charge >= 0.3 is 0 Å². The molecular formula is C22H21ClN2OS2. The Labute approximate surface area is 180 Å². The van der Waals surface area contributed by atoms with Gasteiger partial charge in [0.1, 0.15) is 6.04 Å². The maximum Gasteiger partial charge on any atom is 0.257 e. The second kappa shape index (κ2) is 7.05. The highest BCUT2D eigenvalue weighted by molar-refractivity contribution is 8.01. The summed E-state index contributed by atoms with van der Waals surface area (Å²) in [6, 6.07) is 18.0. The van der Waals surface area contributed by atoms with Gasteiger partial charge in [0.15, 0.2) is 5.11 Å². The van der Waals surface area contributed by atoms with Crippen LogP contribution in [-0.4, -0.2) is 32.6 Å².